The summed E-state index contributed by atoms with van der Waals surface area (Å²) in [6.07, 6.45) is 4.26. The van der Waals surface area contributed by atoms with Crippen LogP contribution in [0.4, 0.5) is 0 Å². The molecular formula is C14H23BrN3O3P. The number of aromatic nitrogens is 1. The highest BCUT2D eigenvalue weighted by Gasteiger charge is 2.28. The van der Waals surface area contributed by atoms with E-state index < -0.39 is 7.75 Å². The van der Waals surface area contributed by atoms with Crippen LogP contribution in [0.5, 0.6) is 0 Å². The average molecular weight is 392 g/mol. The molecule has 0 saturated heterocycles. The maximum atomic E-state index is 12.7. The molecule has 2 unspecified atom stereocenters. The largest absolute Gasteiger partial charge is 0.448 e. The maximum absolute atomic E-state index is 12.7. The van der Waals surface area contributed by atoms with Crippen LogP contribution in [0.25, 0.3) is 0 Å². The van der Waals surface area contributed by atoms with Gasteiger partial charge < -0.3 is 0 Å². The monoisotopic (exact) mass is 391 g/mol. The maximum Gasteiger partial charge on any atom is 0.448 e. The Morgan fingerprint density at radius 3 is 2.45 bits per heavy atom. The van der Waals surface area contributed by atoms with E-state index in [-0.39, 0.29) is 12.2 Å². The fraction of sp³-hybridized carbons (Fsp3) is 0.571. The normalized spacial score (nSPS) is 17.1. The van der Waals surface area contributed by atoms with E-state index >= 15 is 0 Å². The molecule has 6 nitrogen and oxygen atoms in total. The Hall–Kier alpha value is -0.750. The predicted molar refractivity (Wildman–Crippen MR) is 91.9 cm³/mol. The smallest absolute Gasteiger partial charge is 0.288 e. The van der Waals surface area contributed by atoms with E-state index in [2.05, 4.69) is 31.2 Å². The molecule has 2 atom stereocenters. The van der Waals surface area contributed by atoms with Gasteiger partial charge in [-0.2, -0.15) is 5.10 Å². The van der Waals surface area contributed by atoms with Gasteiger partial charge in [-0.05, 0) is 54.8 Å². The number of pyridine rings is 1. The first-order chi connectivity index (χ1) is 10.4. The summed E-state index contributed by atoms with van der Waals surface area (Å²) in [4.78, 5) is 4.08. The minimum absolute atomic E-state index is 0.192. The van der Waals surface area contributed by atoms with Crippen molar-refractivity contribution in [3.05, 3.63) is 28.5 Å². The Bertz CT molecular complexity index is 526. The van der Waals surface area contributed by atoms with Crippen molar-refractivity contribution < 1.29 is 13.6 Å². The van der Waals surface area contributed by atoms with Crippen LogP contribution >= 0.6 is 23.7 Å². The molecule has 0 aliphatic rings. The molecule has 0 amide bonds. The van der Waals surface area contributed by atoms with E-state index in [4.69, 9.17) is 9.05 Å². The minimum atomic E-state index is -3.50. The van der Waals surface area contributed by atoms with Crippen LogP contribution in [-0.4, -0.2) is 23.4 Å². The van der Waals surface area contributed by atoms with Crippen molar-refractivity contribution in [1.29, 1.82) is 0 Å². The number of hydrogen-bond donors (Lipinski definition) is 1. The molecular weight excluding hydrogens is 369 g/mol. The molecule has 0 bridgehead atoms. The van der Waals surface area contributed by atoms with Gasteiger partial charge in [-0.15, -0.1) is 0 Å². The van der Waals surface area contributed by atoms with Crippen molar-refractivity contribution in [1.82, 2.24) is 10.2 Å². The molecule has 22 heavy (non-hydrogen) atoms. The van der Waals surface area contributed by atoms with Crippen LogP contribution < -0.4 is 5.20 Å². The summed E-state index contributed by atoms with van der Waals surface area (Å²) in [6.45, 7) is 7.59. The first-order valence-electron chi connectivity index (χ1n) is 7.27. The summed E-state index contributed by atoms with van der Waals surface area (Å²) in [6, 6.07) is 3.62. The number of hydrazone groups is 1. The highest BCUT2D eigenvalue weighted by molar-refractivity contribution is 9.10. The lowest BCUT2D eigenvalue weighted by molar-refractivity contribution is 0.117. The van der Waals surface area contributed by atoms with Crippen molar-refractivity contribution in [3.8, 4) is 0 Å². The molecule has 1 aromatic rings. The standard InChI is InChI=1S/C14H23BrN3O3P/c1-5-11(3)20-22(19,21-12(4)6-2)18-17-10-13-8-7-9-16-14(13)15/h7-12H,5-6H2,1-4H3,(H,18,19)/b17-10+. The van der Waals surface area contributed by atoms with Crippen LogP contribution in [0.3, 0.4) is 0 Å². The van der Waals surface area contributed by atoms with Gasteiger partial charge in [-0.25, -0.2) is 14.7 Å². The molecule has 8 heteroatoms. The van der Waals surface area contributed by atoms with Gasteiger partial charge in [0, 0.05) is 11.8 Å². The van der Waals surface area contributed by atoms with Crippen molar-refractivity contribution in [3.63, 3.8) is 0 Å². The lowest BCUT2D eigenvalue weighted by atomic mass is 10.3. The Kier molecular flexibility index (Phi) is 8.25. The zero-order chi connectivity index (χ0) is 16.6. The lowest BCUT2D eigenvalue weighted by Crippen LogP contribution is -2.18. The van der Waals surface area contributed by atoms with Gasteiger partial charge in [0.25, 0.3) is 0 Å². The van der Waals surface area contributed by atoms with Crippen molar-refractivity contribution in [2.45, 2.75) is 52.7 Å². The van der Waals surface area contributed by atoms with Crippen molar-refractivity contribution in [2.75, 3.05) is 0 Å². The molecule has 1 heterocycles. The fourth-order valence-electron chi connectivity index (χ4n) is 1.36. The molecule has 0 saturated carbocycles. The summed E-state index contributed by atoms with van der Waals surface area (Å²) in [5, 5.41) is 6.53. The van der Waals surface area contributed by atoms with Crippen molar-refractivity contribution >= 4 is 29.9 Å². The van der Waals surface area contributed by atoms with E-state index in [0.29, 0.717) is 4.60 Å². The second kappa shape index (κ2) is 9.40. The zero-order valence-electron chi connectivity index (χ0n) is 13.3. The molecule has 1 rings (SSSR count). The van der Waals surface area contributed by atoms with Crippen LogP contribution in [0.15, 0.2) is 28.0 Å². The second-order valence-electron chi connectivity index (χ2n) is 4.89. The van der Waals surface area contributed by atoms with Crippen LogP contribution in [0.2, 0.25) is 0 Å². The minimum Gasteiger partial charge on any atom is -0.288 e. The SMILES string of the molecule is CCC(C)OP(=O)(N/N=C/c1cccnc1Br)OC(C)CC. The van der Waals surface area contributed by atoms with Crippen LogP contribution in [0.1, 0.15) is 46.1 Å². The second-order valence-corrected chi connectivity index (χ2v) is 7.26. The first-order valence-corrected chi connectivity index (χ1v) is 9.61. The Morgan fingerprint density at radius 1 is 1.36 bits per heavy atom. The molecule has 0 spiro atoms. The van der Waals surface area contributed by atoms with Crippen LogP contribution in [-0.2, 0) is 13.6 Å². The average Bonchev–Trinajstić information content (AvgIpc) is 2.48. The lowest BCUT2D eigenvalue weighted by Gasteiger charge is -2.23. The first kappa shape index (κ1) is 19.3. The van der Waals surface area contributed by atoms with Gasteiger partial charge in [-0.3, -0.25) is 9.05 Å². The third kappa shape index (κ3) is 6.57. The molecule has 0 aliphatic heterocycles. The van der Waals surface area contributed by atoms with Gasteiger partial charge in [0.15, 0.2) is 0 Å². The number of halogens is 1. The van der Waals surface area contributed by atoms with E-state index in [0.717, 1.165) is 18.4 Å². The number of rotatable bonds is 9. The molecule has 0 radical (unpaired) electrons. The van der Waals surface area contributed by atoms with Gasteiger partial charge in [0.05, 0.1) is 18.4 Å². The fourth-order valence-corrected chi connectivity index (χ4v) is 3.30. The molecule has 0 aliphatic carbocycles. The molecule has 1 aromatic heterocycles. The Labute approximate surface area is 140 Å². The quantitative estimate of drug-likeness (QED) is 0.290. The van der Waals surface area contributed by atoms with Gasteiger partial charge in [0.2, 0.25) is 0 Å². The van der Waals surface area contributed by atoms with Gasteiger partial charge in [0.1, 0.15) is 4.60 Å². The Balaban J connectivity index is 2.80. The van der Waals surface area contributed by atoms with Gasteiger partial charge in [-0.1, -0.05) is 13.8 Å². The van der Waals surface area contributed by atoms with E-state index in [9.17, 15) is 4.57 Å². The summed E-state index contributed by atoms with van der Waals surface area (Å²) in [5.41, 5.74) is 0.758. The highest BCUT2D eigenvalue weighted by Crippen LogP contribution is 2.47. The third-order valence-electron chi connectivity index (χ3n) is 2.96. The van der Waals surface area contributed by atoms with E-state index in [1.54, 1.807) is 12.3 Å². The predicted octanol–water partition coefficient (Wildman–Crippen LogP) is 4.51. The van der Waals surface area contributed by atoms with Crippen molar-refractivity contribution in [2.24, 2.45) is 5.10 Å². The third-order valence-corrected chi connectivity index (χ3v) is 5.26. The van der Waals surface area contributed by atoms with E-state index in [1.165, 1.54) is 6.21 Å². The Morgan fingerprint density at radius 2 is 1.95 bits per heavy atom. The van der Waals surface area contributed by atoms with Gasteiger partial charge >= 0.3 is 7.75 Å². The summed E-state index contributed by atoms with van der Waals surface area (Å²) < 4.78 is 24.4. The topological polar surface area (TPSA) is 72.8 Å². The zero-order valence-corrected chi connectivity index (χ0v) is 15.8. The molecule has 0 fully saturated rings. The molecule has 1 N–H and O–H groups in total. The van der Waals surface area contributed by atoms with E-state index in [1.807, 2.05) is 33.8 Å². The highest BCUT2D eigenvalue weighted by atomic mass is 79.9. The number of nitrogens with zero attached hydrogens (tertiary/aromatic N) is 2. The number of hydrogen-bond acceptors (Lipinski definition) is 5. The summed E-state index contributed by atoms with van der Waals surface area (Å²) in [7, 11) is -3.50. The summed E-state index contributed by atoms with van der Waals surface area (Å²) >= 11 is 3.32. The van der Waals surface area contributed by atoms with Crippen LogP contribution in [0, 0.1) is 0 Å². The molecule has 0 aromatic carbocycles. The summed E-state index contributed by atoms with van der Waals surface area (Å²) in [5.74, 6) is 0. The number of nitrogens with one attached hydrogen (secondary N) is 1. The molecule has 124 valence electrons.